The number of hydrogen-bond acceptors (Lipinski definition) is 1. The molecule has 1 heterocycles. The molecule has 0 N–H and O–H groups in total. The topological polar surface area (TPSA) is 17.8 Å². The van der Waals surface area contributed by atoms with Gasteiger partial charge in [-0.2, -0.15) is 5.10 Å². The molecule has 0 saturated heterocycles. The van der Waals surface area contributed by atoms with E-state index in [1.807, 2.05) is 10.9 Å². The zero-order valence-corrected chi connectivity index (χ0v) is 11.5. The van der Waals surface area contributed by atoms with Crippen LogP contribution in [0.1, 0.15) is 11.1 Å². The van der Waals surface area contributed by atoms with Crippen molar-refractivity contribution in [1.82, 2.24) is 9.78 Å². The lowest BCUT2D eigenvalue weighted by Crippen LogP contribution is -1.95. The molecule has 2 aromatic carbocycles. The quantitative estimate of drug-likeness (QED) is 0.676. The number of rotatable bonds is 2. The second kappa shape index (κ2) is 4.93. The van der Waals surface area contributed by atoms with Crippen molar-refractivity contribution in [3.63, 3.8) is 0 Å². The molecule has 100 valence electrons. The molecule has 0 amide bonds. The molecule has 3 aromatic rings. The van der Waals surface area contributed by atoms with E-state index in [0.717, 1.165) is 16.8 Å². The van der Waals surface area contributed by atoms with Gasteiger partial charge in [-0.3, -0.25) is 0 Å². The Labute approximate surface area is 117 Å². The highest BCUT2D eigenvalue weighted by atomic mass is 19.1. The van der Waals surface area contributed by atoms with Gasteiger partial charge in [-0.25, -0.2) is 9.07 Å². The number of hydrogen-bond donors (Lipinski definition) is 0. The molecule has 1 aromatic heterocycles. The van der Waals surface area contributed by atoms with Crippen LogP contribution in [0.25, 0.3) is 16.8 Å². The summed E-state index contributed by atoms with van der Waals surface area (Å²) in [6.45, 7) is 4.14. The first-order valence-electron chi connectivity index (χ1n) is 6.51. The van der Waals surface area contributed by atoms with Crippen LogP contribution in [0.2, 0.25) is 0 Å². The molecular weight excluding hydrogens is 251 g/mol. The lowest BCUT2D eigenvalue weighted by atomic mass is 10.1. The number of aromatic nitrogens is 2. The summed E-state index contributed by atoms with van der Waals surface area (Å²) in [6, 6.07) is 12.8. The molecule has 0 spiro atoms. The average molecular weight is 266 g/mol. The Kier molecular flexibility index (Phi) is 3.11. The van der Waals surface area contributed by atoms with Crippen molar-refractivity contribution in [2.45, 2.75) is 13.8 Å². The van der Waals surface area contributed by atoms with Gasteiger partial charge in [0, 0.05) is 11.8 Å². The summed E-state index contributed by atoms with van der Waals surface area (Å²) in [5.74, 6) is -0.226. The van der Waals surface area contributed by atoms with Crippen LogP contribution >= 0.6 is 0 Å². The molecule has 3 rings (SSSR count). The Balaban J connectivity index is 1.99. The van der Waals surface area contributed by atoms with E-state index in [4.69, 9.17) is 0 Å². The van der Waals surface area contributed by atoms with Crippen LogP contribution < -0.4 is 0 Å². The fourth-order valence-corrected chi connectivity index (χ4v) is 2.34. The highest BCUT2D eigenvalue weighted by molar-refractivity contribution is 5.62. The zero-order chi connectivity index (χ0) is 14.1. The maximum atomic E-state index is 12.9. The first kappa shape index (κ1) is 12.6. The van der Waals surface area contributed by atoms with Gasteiger partial charge in [0.05, 0.1) is 11.9 Å². The summed E-state index contributed by atoms with van der Waals surface area (Å²) in [4.78, 5) is 0. The summed E-state index contributed by atoms with van der Waals surface area (Å²) < 4.78 is 14.8. The Bertz CT molecular complexity index is 722. The second-order valence-electron chi connectivity index (χ2n) is 5.03. The van der Waals surface area contributed by atoms with E-state index in [1.54, 1.807) is 18.3 Å². The number of halogens is 1. The van der Waals surface area contributed by atoms with E-state index in [9.17, 15) is 4.39 Å². The number of aryl methyl sites for hydroxylation is 2. The predicted octanol–water partition coefficient (Wildman–Crippen LogP) is 4.30. The molecule has 0 atom stereocenters. The van der Waals surface area contributed by atoms with Crippen LogP contribution in [0.4, 0.5) is 4.39 Å². The summed E-state index contributed by atoms with van der Waals surface area (Å²) in [7, 11) is 0. The first-order chi connectivity index (χ1) is 9.61. The molecular formula is C17H15FN2. The molecule has 0 unspecified atom stereocenters. The Morgan fingerprint density at radius 1 is 0.900 bits per heavy atom. The van der Waals surface area contributed by atoms with Crippen LogP contribution in [0.15, 0.2) is 54.9 Å². The molecule has 0 aliphatic rings. The molecule has 0 radical (unpaired) electrons. The van der Waals surface area contributed by atoms with E-state index < -0.39 is 0 Å². The average Bonchev–Trinajstić information content (AvgIpc) is 2.88. The van der Waals surface area contributed by atoms with Crippen LogP contribution in [0.3, 0.4) is 0 Å². The van der Waals surface area contributed by atoms with Gasteiger partial charge in [-0.1, -0.05) is 18.2 Å². The van der Waals surface area contributed by atoms with Gasteiger partial charge in [0.2, 0.25) is 0 Å². The Morgan fingerprint density at radius 3 is 2.20 bits per heavy atom. The summed E-state index contributed by atoms with van der Waals surface area (Å²) >= 11 is 0. The van der Waals surface area contributed by atoms with Crippen LogP contribution in [-0.2, 0) is 0 Å². The third-order valence-corrected chi connectivity index (χ3v) is 3.23. The first-order valence-corrected chi connectivity index (χ1v) is 6.51. The molecule has 0 bridgehead atoms. The predicted molar refractivity (Wildman–Crippen MR) is 78.4 cm³/mol. The maximum absolute atomic E-state index is 12.9. The van der Waals surface area contributed by atoms with Gasteiger partial charge in [0.1, 0.15) is 5.82 Å². The van der Waals surface area contributed by atoms with Gasteiger partial charge in [0.25, 0.3) is 0 Å². The van der Waals surface area contributed by atoms with Gasteiger partial charge >= 0.3 is 0 Å². The van der Waals surface area contributed by atoms with Gasteiger partial charge in [-0.05, 0) is 54.8 Å². The molecule has 0 aliphatic carbocycles. The molecule has 20 heavy (non-hydrogen) atoms. The summed E-state index contributed by atoms with van der Waals surface area (Å²) in [6.07, 6.45) is 3.76. The minimum absolute atomic E-state index is 0.226. The molecule has 0 saturated carbocycles. The summed E-state index contributed by atoms with van der Waals surface area (Å²) in [5.41, 5.74) is 5.39. The normalized spacial score (nSPS) is 10.8. The zero-order valence-electron chi connectivity index (χ0n) is 11.5. The highest BCUT2D eigenvalue weighted by Gasteiger charge is 2.04. The lowest BCUT2D eigenvalue weighted by Gasteiger charge is -2.04. The molecule has 0 fully saturated rings. The highest BCUT2D eigenvalue weighted by Crippen LogP contribution is 2.21. The fraction of sp³-hybridized carbons (Fsp3) is 0.118. The van der Waals surface area contributed by atoms with E-state index in [2.05, 4.69) is 37.1 Å². The van der Waals surface area contributed by atoms with Crippen molar-refractivity contribution in [2.24, 2.45) is 0 Å². The van der Waals surface area contributed by atoms with Gasteiger partial charge in [0.15, 0.2) is 0 Å². The van der Waals surface area contributed by atoms with Crippen molar-refractivity contribution in [3.05, 3.63) is 71.8 Å². The SMILES string of the molecule is Cc1cc(C)cc(-n2cc(-c3ccc(F)cc3)cn2)c1. The number of nitrogens with zero attached hydrogens (tertiary/aromatic N) is 2. The summed E-state index contributed by atoms with van der Waals surface area (Å²) in [5, 5.41) is 4.39. The standard InChI is InChI=1S/C17H15FN2/c1-12-7-13(2)9-17(8-12)20-11-15(10-19-20)14-3-5-16(18)6-4-14/h3-11H,1-2H3. The minimum Gasteiger partial charge on any atom is -0.240 e. The van der Waals surface area contributed by atoms with Gasteiger partial charge in [-0.15, -0.1) is 0 Å². The van der Waals surface area contributed by atoms with Gasteiger partial charge < -0.3 is 0 Å². The fourth-order valence-electron chi connectivity index (χ4n) is 2.34. The largest absolute Gasteiger partial charge is 0.240 e. The molecule has 2 nitrogen and oxygen atoms in total. The second-order valence-corrected chi connectivity index (χ2v) is 5.03. The van der Waals surface area contributed by atoms with Crippen molar-refractivity contribution >= 4 is 0 Å². The van der Waals surface area contributed by atoms with Crippen LogP contribution in [0, 0.1) is 19.7 Å². The third-order valence-electron chi connectivity index (χ3n) is 3.23. The molecule has 3 heteroatoms. The van der Waals surface area contributed by atoms with E-state index in [1.165, 1.54) is 23.3 Å². The molecule has 0 aliphatic heterocycles. The van der Waals surface area contributed by atoms with E-state index in [-0.39, 0.29) is 5.82 Å². The van der Waals surface area contributed by atoms with Crippen molar-refractivity contribution in [2.75, 3.05) is 0 Å². The monoisotopic (exact) mass is 266 g/mol. The van der Waals surface area contributed by atoms with E-state index in [0.29, 0.717) is 0 Å². The Morgan fingerprint density at radius 2 is 1.55 bits per heavy atom. The van der Waals surface area contributed by atoms with Crippen LogP contribution in [0.5, 0.6) is 0 Å². The van der Waals surface area contributed by atoms with E-state index >= 15 is 0 Å². The van der Waals surface area contributed by atoms with Crippen molar-refractivity contribution in [1.29, 1.82) is 0 Å². The third kappa shape index (κ3) is 2.48. The number of benzene rings is 2. The van der Waals surface area contributed by atoms with Crippen molar-refractivity contribution in [3.8, 4) is 16.8 Å². The lowest BCUT2D eigenvalue weighted by molar-refractivity contribution is 0.628. The smallest absolute Gasteiger partial charge is 0.123 e. The Hall–Kier alpha value is -2.42. The minimum atomic E-state index is -0.226. The van der Waals surface area contributed by atoms with Crippen LogP contribution in [-0.4, -0.2) is 9.78 Å². The maximum Gasteiger partial charge on any atom is 0.123 e. The van der Waals surface area contributed by atoms with Crippen molar-refractivity contribution < 1.29 is 4.39 Å².